The molecule has 5 atom stereocenters. The second kappa shape index (κ2) is 18.8. The Morgan fingerprint density at radius 1 is 0.789 bits per heavy atom. The van der Waals surface area contributed by atoms with Crippen LogP contribution in [0.3, 0.4) is 0 Å². The third-order valence-electron chi connectivity index (χ3n) is 15.4. The highest BCUT2D eigenvalue weighted by molar-refractivity contribution is 7.14. The molecule has 71 heavy (non-hydrogen) atoms. The molecule has 3 fully saturated rings. The number of benzene rings is 1. The molecule has 1 aromatic carbocycles. The normalized spacial score (nSPS) is 23.1. The number of aryl methyl sites for hydroxylation is 1. The summed E-state index contributed by atoms with van der Waals surface area (Å²) < 4.78 is 5.69. The number of fused-ring (bicyclic) bond motifs is 4. The molecule has 3 N–H and O–H groups in total. The number of carbonyl (C=O) groups is 5. The number of aromatic nitrogens is 3. The van der Waals surface area contributed by atoms with Gasteiger partial charge in [0.2, 0.25) is 17.7 Å². The molecule has 5 aromatic rings. The number of hydrogen-bond acceptors (Lipinski definition) is 15. The van der Waals surface area contributed by atoms with Gasteiger partial charge in [0.15, 0.2) is 0 Å². The van der Waals surface area contributed by atoms with Crippen LogP contribution in [-0.4, -0.2) is 123 Å². The number of nitrogens with one attached hydrogen (secondary N) is 2. The maximum atomic E-state index is 14.1. The number of piperazine rings is 1. The van der Waals surface area contributed by atoms with Crippen molar-refractivity contribution in [2.24, 2.45) is 0 Å². The predicted octanol–water partition coefficient (Wildman–Crippen LogP) is 6.46. The number of piperidine rings is 2. The average molecular weight is 979 g/mol. The Kier molecular flexibility index (Phi) is 12.3. The number of nitrogens with zero attached hydrogens (tertiary/aromatic N) is 8. The molecule has 0 radical (unpaired) electrons. The lowest BCUT2D eigenvalue weighted by Gasteiger charge is -2.48. The first-order valence-electron chi connectivity index (χ1n) is 24.9. The summed E-state index contributed by atoms with van der Waals surface area (Å²) in [6, 6.07) is 13.0. The summed E-state index contributed by atoms with van der Waals surface area (Å²) in [7, 11) is 1.57. The zero-order chi connectivity index (χ0) is 49.2. The van der Waals surface area contributed by atoms with Crippen molar-refractivity contribution in [3.05, 3.63) is 98.6 Å². The van der Waals surface area contributed by atoms with Gasteiger partial charge in [-0.2, -0.15) is 0 Å². The van der Waals surface area contributed by atoms with E-state index in [0.29, 0.717) is 46.9 Å². The fourth-order valence-electron chi connectivity index (χ4n) is 11.9. The third-order valence-corrected chi connectivity index (χ3v) is 16.7. The van der Waals surface area contributed by atoms with Crippen molar-refractivity contribution in [1.29, 1.82) is 0 Å². The highest BCUT2D eigenvalue weighted by Gasteiger charge is 2.45. The number of amides is 5. The van der Waals surface area contributed by atoms with Gasteiger partial charge in [0.1, 0.15) is 23.4 Å². The van der Waals surface area contributed by atoms with Crippen LogP contribution >= 0.6 is 11.3 Å². The van der Waals surface area contributed by atoms with Gasteiger partial charge >= 0.3 is 0 Å². The summed E-state index contributed by atoms with van der Waals surface area (Å²) in [5.41, 5.74) is 7.68. The number of aliphatic hydroxyl groups excluding tert-OH is 1. The number of hydrogen-bond donors (Lipinski definition) is 3. The Morgan fingerprint density at radius 2 is 1.59 bits per heavy atom. The van der Waals surface area contributed by atoms with Crippen molar-refractivity contribution < 1.29 is 33.8 Å². The molecule has 0 saturated carbocycles. The zero-order valence-corrected chi connectivity index (χ0v) is 41.3. The van der Waals surface area contributed by atoms with Gasteiger partial charge in [0, 0.05) is 91.4 Å². The Hall–Kier alpha value is -6.76. The van der Waals surface area contributed by atoms with Gasteiger partial charge in [-0.15, -0.1) is 11.3 Å². The fraction of sp³-hybridized carbons (Fsp3) is 0.434. The minimum Gasteiger partial charge on any atom is -0.480 e. The van der Waals surface area contributed by atoms with Gasteiger partial charge in [-0.3, -0.25) is 44.0 Å². The molecule has 18 heteroatoms. The first-order valence-corrected chi connectivity index (χ1v) is 25.7. The van der Waals surface area contributed by atoms with E-state index < -0.39 is 35.8 Å². The smallest absolute Gasteiger partial charge is 0.269 e. The molecule has 3 saturated heterocycles. The van der Waals surface area contributed by atoms with Gasteiger partial charge in [-0.05, 0) is 131 Å². The van der Waals surface area contributed by atoms with E-state index in [0.717, 1.165) is 103 Å². The van der Waals surface area contributed by atoms with Crippen LogP contribution in [0.4, 0.5) is 28.7 Å². The summed E-state index contributed by atoms with van der Waals surface area (Å²) in [6.07, 6.45) is 11.6. The number of aliphatic hydroxyl groups is 1. The van der Waals surface area contributed by atoms with Crippen LogP contribution in [0.5, 0.6) is 5.88 Å². The van der Waals surface area contributed by atoms with E-state index in [4.69, 9.17) is 14.7 Å². The van der Waals surface area contributed by atoms with Gasteiger partial charge in [-0.25, -0.2) is 15.0 Å². The molecule has 1 aliphatic carbocycles. The molecule has 11 rings (SSSR count). The van der Waals surface area contributed by atoms with Gasteiger partial charge < -0.3 is 25.0 Å². The van der Waals surface area contributed by atoms with Crippen molar-refractivity contribution >= 4 is 69.6 Å². The van der Waals surface area contributed by atoms with Crippen LogP contribution < -0.4 is 30.1 Å². The molecule has 2 unspecified atom stereocenters. The molecule has 9 heterocycles. The number of anilines is 5. The lowest BCUT2D eigenvalue weighted by molar-refractivity contribution is -0.136. The maximum absolute atomic E-state index is 14.1. The summed E-state index contributed by atoms with van der Waals surface area (Å²) in [5, 5.41) is 17.0. The molecule has 0 spiro atoms. The molecular weight excluding hydrogens is 921 g/mol. The highest BCUT2D eigenvalue weighted by atomic mass is 32.1. The van der Waals surface area contributed by atoms with Crippen LogP contribution in [0.2, 0.25) is 0 Å². The van der Waals surface area contributed by atoms with Gasteiger partial charge in [-0.1, -0.05) is 0 Å². The van der Waals surface area contributed by atoms with Crippen molar-refractivity contribution in [2.75, 3.05) is 59.9 Å². The number of imide groups is 2. The Balaban J connectivity index is 0.732. The molecular formula is C53H58N10O7S. The van der Waals surface area contributed by atoms with Gasteiger partial charge in [0.25, 0.3) is 17.7 Å². The van der Waals surface area contributed by atoms with E-state index in [1.165, 1.54) is 16.0 Å². The molecule has 368 valence electrons. The lowest BCUT2D eigenvalue weighted by Crippen LogP contribution is -2.58. The van der Waals surface area contributed by atoms with E-state index in [1.807, 2.05) is 30.5 Å². The topological polar surface area (TPSA) is 194 Å². The molecule has 5 aliphatic heterocycles. The molecule has 0 bridgehead atoms. The first-order chi connectivity index (χ1) is 34.4. The van der Waals surface area contributed by atoms with Crippen molar-refractivity contribution in [2.45, 2.75) is 109 Å². The largest absolute Gasteiger partial charge is 0.480 e. The number of ether oxygens (including phenoxy) is 1. The Bertz CT molecular complexity index is 2980. The van der Waals surface area contributed by atoms with Crippen LogP contribution in [0.15, 0.2) is 61.1 Å². The van der Waals surface area contributed by atoms with Crippen LogP contribution in [0.25, 0.3) is 11.1 Å². The van der Waals surface area contributed by atoms with E-state index in [2.05, 4.69) is 50.2 Å². The minimum absolute atomic E-state index is 0.0519. The molecule has 4 aromatic heterocycles. The number of methoxy groups -OCH3 is 1. The zero-order valence-electron chi connectivity index (χ0n) is 40.4. The van der Waals surface area contributed by atoms with E-state index in [1.54, 1.807) is 54.8 Å². The van der Waals surface area contributed by atoms with Crippen molar-refractivity contribution in [3.8, 4) is 17.0 Å². The maximum Gasteiger partial charge on any atom is 0.269 e. The standard InChI is InChI=1S/C53H58N10O7S/c1-29-23-33(16-19-60(29)34-9-11-39-40(25-34)52(68)63(51(39)67)42-12-14-45(65)58-49(42)66)59-21-22-61(30(2)28-59)35-10-13-44(55-27-35)57-41-24-32(26-56-50(41)70-4)36-15-18-54-48(46(36)31(3)64)62-20-17-38-37-7-5-6-8-43(37)71-47(38)53(62)69/h9-11,13,15,18,24-27,29-31,33,42,64H,5-8,12,14,16-17,19-23,28H2,1-4H3,(H,55,57)(H,58,65,66)/t29-,30-,31?,33?,42-/m0/s1. The van der Waals surface area contributed by atoms with Crippen LogP contribution in [0.1, 0.15) is 117 Å². The fourth-order valence-corrected chi connectivity index (χ4v) is 13.3. The van der Waals surface area contributed by atoms with E-state index in [-0.39, 0.29) is 36.4 Å². The first kappa shape index (κ1) is 46.6. The lowest BCUT2D eigenvalue weighted by atomic mass is 9.91. The van der Waals surface area contributed by atoms with E-state index in [9.17, 15) is 29.1 Å². The monoisotopic (exact) mass is 978 g/mol. The second-order valence-electron chi connectivity index (χ2n) is 19.7. The summed E-state index contributed by atoms with van der Waals surface area (Å²) in [6.45, 7) is 10.1. The summed E-state index contributed by atoms with van der Waals surface area (Å²) in [5.74, 6) is -0.593. The summed E-state index contributed by atoms with van der Waals surface area (Å²) in [4.78, 5) is 91.6. The predicted molar refractivity (Wildman–Crippen MR) is 270 cm³/mol. The van der Waals surface area contributed by atoms with Crippen LogP contribution in [-0.2, 0) is 28.9 Å². The third kappa shape index (κ3) is 8.38. The number of rotatable bonds is 10. The van der Waals surface area contributed by atoms with Crippen molar-refractivity contribution in [3.63, 3.8) is 0 Å². The summed E-state index contributed by atoms with van der Waals surface area (Å²) >= 11 is 1.63. The SMILES string of the molecule is COc1ncc(-c2ccnc(N3CCc4c(sc5c4CCCC5)C3=O)c2C(C)O)cc1Nc1ccc(N2CCN(C3CCN(c4ccc5c(c4)C(=O)N([C@H]4CCC(=O)NC4=O)C5=O)[C@@H](C)C3)C[C@@H]2C)cn1. The highest BCUT2D eigenvalue weighted by Crippen LogP contribution is 2.42. The van der Waals surface area contributed by atoms with Crippen LogP contribution in [0, 0.1) is 0 Å². The molecule has 6 aliphatic rings. The Morgan fingerprint density at radius 3 is 2.35 bits per heavy atom. The average Bonchev–Trinajstić information content (AvgIpc) is 3.87. The number of thiophene rings is 1. The quantitative estimate of drug-likeness (QED) is 0.129. The number of pyridine rings is 3. The Labute approximate surface area is 416 Å². The van der Waals surface area contributed by atoms with E-state index >= 15 is 0 Å². The van der Waals surface area contributed by atoms with Crippen molar-refractivity contribution in [1.82, 2.24) is 30.1 Å². The number of carbonyl (C=O) groups excluding carboxylic acids is 5. The molecule has 5 amide bonds. The second-order valence-corrected chi connectivity index (χ2v) is 20.8. The molecule has 17 nitrogen and oxygen atoms in total. The van der Waals surface area contributed by atoms with Gasteiger partial charge in [0.05, 0.1) is 41.1 Å². The minimum atomic E-state index is -0.992.